The highest BCUT2D eigenvalue weighted by Crippen LogP contribution is 2.31. The van der Waals surface area contributed by atoms with Gasteiger partial charge in [-0.2, -0.15) is 4.98 Å². The van der Waals surface area contributed by atoms with Gasteiger partial charge in [-0.05, 0) is 49.4 Å². The second-order valence-corrected chi connectivity index (χ2v) is 7.04. The van der Waals surface area contributed by atoms with Gasteiger partial charge in [0.2, 0.25) is 11.7 Å². The van der Waals surface area contributed by atoms with Crippen LogP contribution in [0.3, 0.4) is 0 Å². The van der Waals surface area contributed by atoms with Gasteiger partial charge in [0.1, 0.15) is 17.6 Å². The lowest BCUT2D eigenvalue weighted by Crippen LogP contribution is -2.26. The molecule has 4 aromatic rings. The van der Waals surface area contributed by atoms with E-state index >= 15 is 0 Å². The number of ether oxygens (including phenoxy) is 1. The van der Waals surface area contributed by atoms with Crippen LogP contribution in [0.1, 0.15) is 29.2 Å². The molecule has 2 aromatic carbocycles. The van der Waals surface area contributed by atoms with Crippen LogP contribution in [-0.2, 0) is 0 Å². The molecule has 28 heavy (non-hydrogen) atoms. The first kappa shape index (κ1) is 18.1. The average Bonchev–Trinajstić information content (AvgIpc) is 3.34. The van der Waals surface area contributed by atoms with E-state index in [4.69, 9.17) is 9.26 Å². The lowest BCUT2D eigenvalue weighted by molar-refractivity contribution is 0.0932. The van der Waals surface area contributed by atoms with Crippen LogP contribution >= 0.6 is 11.3 Å². The van der Waals surface area contributed by atoms with Crippen molar-refractivity contribution in [2.45, 2.75) is 13.0 Å². The summed E-state index contributed by atoms with van der Waals surface area (Å²) < 4.78 is 24.4. The number of nitrogens with zero attached hydrogens (tertiary/aromatic N) is 3. The summed E-state index contributed by atoms with van der Waals surface area (Å²) in [6.45, 7) is 1.72. The Morgan fingerprint density at radius 2 is 2.00 bits per heavy atom. The molecule has 0 spiro atoms. The fourth-order valence-corrected chi connectivity index (χ4v) is 3.49. The molecule has 1 atom stereocenters. The molecule has 0 radical (unpaired) electrons. The third-order valence-electron chi connectivity index (χ3n) is 4.05. The molecular weight excluding hydrogens is 383 g/mol. The van der Waals surface area contributed by atoms with Crippen LogP contribution in [0.5, 0.6) is 5.75 Å². The average molecular weight is 398 g/mol. The summed E-state index contributed by atoms with van der Waals surface area (Å²) in [5.41, 5.74) is 1.15. The molecule has 0 aliphatic rings. The van der Waals surface area contributed by atoms with E-state index in [-0.39, 0.29) is 11.8 Å². The van der Waals surface area contributed by atoms with Crippen LogP contribution in [0, 0.1) is 5.82 Å². The predicted molar refractivity (Wildman–Crippen MR) is 102 cm³/mol. The third-order valence-corrected chi connectivity index (χ3v) is 5.07. The number of nitrogens with one attached hydrogen (secondary N) is 1. The summed E-state index contributed by atoms with van der Waals surface area (Å²) in [4.78, 5) is 21.1. The van der Waals surface area contributed by atoms with E-state index in [2.05, 4.69) is 20.4 Å². The molecule has 0 bridgehead atoms. The normalized spacial score (nSPS) is 12.1. The van der Waals surface area contributed by atoms with Gasteiger partial charge in [0.05, 0.1) is 17.3 Å². The Labute approximate surface area is 163 Å². The number of carbonyl (C=O) groups excluding carboxylic acids is 1. The number of fused-ring (bicyclic) bond motifs is 1. The number of carbonyl (C=O) groups is 1. The molecule has 0 fully saturated rings. The summed E-state index contributed by atoms with van der Waals surface area (Å²) in [5, 5.41) is 7.32. The summed E-state index contributed by atoms with van der Waals surface area (Å²) >= 11 is 1.42. The standard InChI is InChI=1S/C19H15FN4O3S/c1-10(21-17(25)11-3-5-12(20)6-4-11)18-23-16(24-27-18)19-22-14-8-7-13(26-2)9-15(14)28-19/h3-10H,1-2H3,(H,21,25). The van der Waals surface area contributed by atoms with Crippen molar-refractivity contribution >= 4 is 27.5 Å². The molecule has 9 heteroatoms. The molecule has 0 saturated heterocycles. The molecule has 0 aliphatic carbocycles. The zero-order valence-corrected chi connectivity index (χ0v) is 15.8. The maximum absolute atomic E-state index is 13.0. The first-order chi connectivity index (χ1) is 13.5. The number of hydrogen-bond acceptors (Lipinski definition) is 7. The molecule has 1 N–H and O–H groups in total. The van der Waals surface area contributed by atoms with Gasteiger partial charge >= 0.3 is 0 Å². The first-order valence-corrected chi connectivity index (χ1v) is 9.20. The van der Waals surface area contributed by atoms with Gasteiger partial charge in [0, 0.05) is 5.56 Å². The molecule has 2 heterocycles. The van der Waals surface area contributed by atoms with Crippen molar-refractivity contribution in [2.75, 3.05) is 7.11 Å². The number of methoxy groups -OCH3 is 1. The van der Waals surface area contributed by atoms with Crippen molar-refractivity contribution in [1.29, 1.82) is 0 Å². The number of benzene rings is 2. The van der Waals surface area contributed by atoms with Crippen molar-refractivity contribution in [2.24, 2.45) is 0 Å². The van der Waals surface area contributed by atoms with E-state index in [1.54, 1.807) is 14.0 Å². The molecule has 0 aliphatic heterocycles. The summed E-state index contributed by atoms with van der Waals surface area (Å²) in [5.74, 6) is 0.577. The topological polar surface area (TPSA) is 90.1 Å². The quantitative estimate of drug-likeness (QED) is 0.547. The van der Waals surface area contributed by atoms with E-state index < -0.39 is 11.9 Å². The largest absolute Gasteiger partial charge is 0.497 e. The van der Waals surface area contributed by atoms with Crippen molar-refractivity contribution in [3.05, 3.63) is 59.7 Å². The van der Waals surface area contributed by atoms with Gasteiger partial charge in [-0.15, -0.1) is 11.3 Å². The van der Waals surface area contributed by atoms with Crippen molar-refractivity contribution in [1.82, 2.24) is 20.4 Å². The van der Waals surface area contributed by atoms with Gasteiger partial charge in [-0.25, -0.2) is 9.37 Å². The SMILES string of the molecule is COc1ccc2nc(-c3noc(C(C)NC(=O)c4ccc(F)cc4)n3)sc2c1. The maximum Gasteiger partial charge on any atom is 0.251 e. The van der Waals surface area contributed by atoms with Crippen molar-refractivity contribution in [3.8, 4) is 16.6 Å². The minimum Gasteiger partial charge on any atom is -0.497 e. The summed E-state index contributed by atoms with van der Waals surface area (Å²) in [6.07, 6.45) is 0. The second kappa shape index (κ2) is 7.35. The molecule has 4 rings (SSSR count). The number of halogens is 1. The van der Waals surface area contributed by atoms with Gasteiger partial charge < -0.3 is 14.6 Å². The minimum atomic E-state index is -0.520. The Balaban J connectivity index is 1.52. The summed E-state index contributed by atoms with van der Waals surface area (Å²) in [6, 6.07) is 10.3. The predicted octanol–water partition coefficient (Wildman–Crippen LogP) is 3.99. The van der Waals surface area contributed by atoms with Gasteiger partial charge in [0.25, 0.3) is 5.91 Å². The second-order valence-electron chi connectivity index (χ2n) is 6.01. The fraction of sp³-hybridized carbons (Fsp3) is 0.158. The van der Waals surface area contributed by atoms with Gasteiger partial charge in [-0.3, -0.25) is 4.79 Å². The Morgan fingerprint density at radius 1 is 1.21 bits per heavy atom. The van der Waals surface area contributed by atoms with E-state index in [1.807, 2.05) is 18.2 Å². The highest BCUT2D eigenvalue weighted by atomic mass is 32.1. The molecular formula is C19H15FN4O3S. The Hall–Kier alpha value is -3.33. The van der Waals surface area contributed by atoms with E-state index in [0.29, 0.717) is 16.4 Å². The first-order valence-electron chi connectivity index (χ1n) is 8.38. The number of aromatic nitrogens is 3. The Bertz CT molecular complexity index is 1140. The van der Waals surface area contributed by atoms with Crippen LogP contribution < -0.4 is 10.1 Å². The van der Waals surface area contributed by atoms with Gasteiger partial charge in [0.15, 0.2) is 5.01 Å². The van der Waals surface area contributed by atoms with Crippen LogP contribution in [-0.4, -0.2) is 28.1 Å². The molecule has 142 valence electrons. The lowest BCUT2D eigenvalue weighted by Gasteiger charge is -2.09. The third kappa shape index (κ3) is 3.56. The zero-order chi connectivity index (χ0) is 19.7. The van der Waals surface area contributed by atoms with Crippen LogP contribution in [0.25, 0.3) is 21.0 Å². The van der Waals surface area contributed by atoms with E-state index in [1.165, 1.54) is 35.6 Å². The Morgan fingerprint density at radius 3 is 2.75 bits per heavy atom. The highest BCUT2D eigenvalue weighted by Gasteiger charge is 2.20. The maximum atomic E-state index is 13.0. The minimum absolute atomic E-state index is 0.252. The number of rotatable bonds is 5. The van der Waals surface area contributed by atoms with Crippen LogP contribution in [0.4, 0.5) is 4.39 Å². The molecule has 1 unspecified atom stereocenters. The molecule has 7 nitrogen and oxygen atoms in total. The molecule has 2 aromatic heterocycles. The zero-order valence-electron chi connectivity index (χ0n) is 15.0. The van der Waals surface area contributed by atoms with Crippen LogP contribution in [0.2, 0.25) is 0 Å². The van der Waals surface area contributed by atoms with E-state index in [0.717, 1.165) is 16.0 Å². The highest BCUT2D eigenvalue weighted by molar-refractivity contribution is 7.21. The van der Waals surface area contributed by atoms with Crippen LogP contribution in [0.15, 0.2) is 47.0 Å². The molecule has 1 amide bonds. The Kier molecular flexibility index (Phi) is 4.74. The fourth-order valence-electron chi connectivity index (χ4n) is 2.57. The monoisotopic (exact) mass is 398 g/mol. The lowest BCUT2D eigenvalue weighted by atomic mass is 10.2. The van der Waals surface area contributed by atoms with Gasteiger partial charge in [-0.1, -0.05) is 5.16 Å². The number of hydrogen-bond donors (Lipinski definition) is 1. The number of amides is 1. The van der Waals surface area contributed by atoms with Crippen molar-refractivity contribution < 1.29 is 18.4 Å². The molecule has 0 saturated carbocycles. The number of thiazole rings is 1. The smallest absolute Gasteiger partial charge is 0.251 e. The van der Waals surface area contributed by atoms with Crippen molar-refractivity contribution in [3.63, 3.8) is 0 Å². The van der Waals surface area contributed by atoms with E-state index in [9.17, 15) is 9.18 Å². The summed E-state index contributed by atoms with van der Waals surface area (Å²) in [7, 11) is 1.61.